The Morgan fingerprint density at radius 3 is 2.75 bits per heavy atom. The van der Waals surface area contributed by atoms with E-state index >= 15 is 0 Å². The van der Waals surface area contributed by atoms with Crippen molar-refractivity contribution in [3.05, 3.63) is 11.7 Å². The fourth-order valence-corrected chi connectivity index (χ4v) is 2.25. The summed E-state index contributed by atoms with van der Waals surface area (Å²) >= 11 is 0. The molecule has 1 aromatic heterocycles. The van der Waals surface area contributed by atoms with Crippen LogP contribution in [0.4, 0.5) is 0 Å². The van der Waals surface area contributed by atoms with Crippen LogP contribution in [0, 0.1) is 0 Å². The second kappa shape index (κ2) is 4.53. The van der Waals surface area contributed by atoms with Crippen molar-refractivity contribution >= 4 is 0 Å². The van der Waals surface area contributed by atoms with Crippen molar-refractivity contribution < 1.29 is 4.52 Å². The molecule has 4 heteroatoms. The van der Waals surface area contributed by atoms with E-state index in [0.29, 0.717) is 6.04 Å². The molecule has 0 bridgehead atoms. The number of likely N-dealkylation sites (N-methyl/N-ethyl adjacent to an activating group) is 1. The van der Waals surface area contributed by atoms with Crippen LogP contribution < -0.4 is 5.32 Å². The molecule has 4 nitrogen and oxygen atoms in total. The van der Waals surface area contributed by atoms with Gasteiger partial charge in [-0.25, -0.2) is 0 Å². The van der Waals surface area contributed by atoms with Crippen molar-refractivity contribution in [2.75, 3.05) is 7.05 Å². The molecule has 1 N–H and O–H groups in total. The highest BCUT2D eigenvalue weighted by atomic mass is 16.5. The molecule has 1 aliphatic rings. The van der Waals surface area contributed by atoms with Gasteiger partial charge in [0.15, 0.2) is 5.82 Å². The summed E-state index contributed by atoms with van der Waals surface area (Å²) < 4.78 is 5.42. The molecule has 0 amide bonds. The number of aromatic nitrogens is 2. The third-order valence-corrected chi connectivity index (χ3v) is 3.89. The molecular formula is C12H21N3O. The monoisotopic (exact) mass is 223 g/mol. The Balaban J connectivity index is 2.07. The largest absolute Gasteiger partial charge is 0.339 e. The molecule has 2 rings (SSSR count). The second-order valence-electron chi connectivity index (χ2n) is 4.90. The standard InChI is InChI=1S/C12H21N3O/c1-4-12(6-5-7-12)11-14-10(15-16-11)8-9(2)13-3/h9,13H,4-8H2,1-3H3. The topological polar surface area (TPSA) is 51.0 Å². The van der Waals surface area contributed by atoms with Crippen molar-refractivity contribution in [3.8, 4) is 0 Å². The first-order chi connectivity index (χ1) is 7.70. The molecule has 1 aliphatic carbocycles. The third-order valence-electron chi connectivity index (χ3n) is 3.89. The molecule has 0 saturated heterocycles. The molecule has 1 aromatic rings. The summed E-state index contributed by atoms with van der Waals surface area (Å²) in [4.78, 5) is 4.55. The van der Waals surface area contributed by atoms with Gasteiger partial charge in [0.05, 0.1) is 0 Å². The molecule has 0 spiro atoms. The summed E-state index contributed by atoms with van der Waals surface area (Å²) in [6.07, 6.45) is 5.63. The smallest absolute Gasteiger partial charge is 0.232 e. The summed E-state index contributed by atoms with van der Waals surface area (Å²) in [5.41, 5.74) is 0.203. The quantitative estimate of drug-likeness (QED) is 0.830. The molecule has 0 aliphatic heterocycles. The molecule has 0 aromatic carbocycles. The van der Waals surface area contributed by atoms with E-state index in [9.17, 15) is 0 Å². The Morgan fingerprint density at radius 1 is 1.50 bits per heavy atom. The van der Waals surface area contributed by atoms with Crippen LogP contribution in [0.15, 0.2) is 4.52 Å². The summed E-state index contributed by atoms with van der Waals surface area (Å²) in [5.74, 6) is 1.69. The summed E-state index contributed by atoms with van der Waals surface area (Å²) in [5, 5.41) is 7.26. The number of hydrogen-bond acceptors (Lipinski definition) is 4. The van der Waals surface area contributed by atoms with E-state index in [-0.39, 0.29) is 5.41 Å². The molecule has 1 unspecified atom stereocenters. The number of nitrogens with one attached hydrogen (secondary N) is 1. The van der Waals surface area contributed by atoms with Crippen LogP contribution in [0.25, 0.3) is 0 Å². The summed E-state index contributed by atoms with van der Waals surface area (Å²) in [6.45, 7) is 4.33. The van der Waals surface area contributed by atoms with Gasteiger partial charge >= 0.3 is 0 Å². The van der Waals surface area contributed by atoms with Crippen molar-refractivity contribution in [2.45, 2.75) is 57.4 Å². The minimum absolute atomic E-state index is 0.203. The lowest BCUT2D eigenvalue weighted by molar-refractivity contribution is 0.168. The van der Waals surface area contributed by atoms with Gasteiger partial charge in [-0.15, -0.1) is 0 Å². The summed E-state index contributed by atoms with van der Waals surface area (Å²) in [6, 6.07) is 0.393. The normalized spacial score (nSPS) is 20.4. The van der Waals surface area contributed by atoms with E-state index in [1.165, 1.54) is 19.3 Å². The second-order valence-corrected chi connectivity index (χ2v) is 4.90. The zero-order valence-corrected chi connectivity index (χ0v) is 10.4. The Morgan fingerprint density at radius 2 is 2.25 bits per heavy atom. The molecule has 1 atom stereocenters. The molecule has 1 saturated carbocycles. The van der Waals surface area contributed by atoms with Crippen LogP contribution in [0.2, 0.25) is 0 Å². The van der Waals surface area contributed by atoms with Gasteiger partial charge in [-0.3, -0.25) is 0 Å². The van der Waals surface area contributed by atoms with Gasteiger partial charge in [0.1, 0.15) is 0 Å². The minimum Gasteiger partial charge on any atom is -0.339 e. The molecular weight excluding hydrogens is 202 g/mol. The van der Waals surface area contributed by atoms with Crippen LogP contribution in [0.5, 0.6) is 0 Å². The first-order valence-corrected chi connectivity index (χ1v) is 6.20. The van der Waals surface area contributed by atoms with Gasteiger partial charge in [-0.1, -0.05) is 18.5 Å². The van der Waals surface area contributed by atoms with Gasteiger partial charge < -0.3 is 9.84 Å². The van der Waals surface area contributed by atoms with Crippen molar-refractivity contribution in [1.29, 1.82) is 0 Å². The zero-order chi connectivity index (χ0) is 11.6. The van der Waals surface area contributed by atoms with Crippen LogP contribution in [0.1, 0.15) is 51.2 Å². The molecule has 16 heavy (non-hydrogen) atoms. The molecule has 1 fully saturated rings. The lowest BCUT2D eigenvalue weighted by atomic mass is 9.67. The van der Waals surface area contributed by atoms with Gasteiger partial charge in [-0.2, -0.15) is 4.98 Å². The number of nitrogens with zero attached hydrogens (tertiary/aromatic N) is 2. The fraction of sp³-hybridized carbons (Fsp3) is 0.833. The Labute approximate surface area is 96.8 Å². The van der Waals surface area contributed by atoms with Crippen molar-refractivity contribution in [2.24, 2.45) is 0 Å². The minimum atomic E-state index is 0.203. The zero-order valence-electron chi connectivity index (χ0n) is 10.4. The maximum Gasteiger partial charge on any atom is 0.232 e. The molecule has 1 heterocycles. The predicted octanol–water partition coefficient (Wildman–Crippen LogP) is 2.05. The number of hydrogen-bond donors (Lipinski definition) is 1. The van der Waals surface area contributed by atoms with Gasteiger partial charge in [0, 0.05) is 17.9 Å². The summed E-state index contributed by atoms with van der Waals surface area (Å²) in [7, 11) is 1.95. The lowest BCUT2D eigenvalue weighted by Gasteiger charge is -2.37. The van der Waals surface area contributed by atoms with E-state index in [1.807, 2.05) is 7.05 Å². The predicted molar refractivity (Wildman–Crippen MR) is 62.3 cm³/mol. The van der Waals surface area contributed by atoms with Crippen LogP contribution in [-0.2, 0) is 11.8 Å². The highest BCUT2D eigenvalue weighted by Gasteiger charge is 2.41. The SMILES string of the molecule is CCC1(c2nc(CC(C)NC)no2)CCC1. The van der Waals surface area contributed by atoms with Gasteiger partial charge in [0.25, 0.3) is 0 Å². The third kappa shape index (κ3) is 1.98. The lowest BCUT2D eigenvalue weighted by Crippen LogP contribution is -2.33. The molecule has 0 radical (unpaired) electrons. The first kappa shape index (κ1) is 11.6. The van der Waals surface area contributed by atoms with Crippen LogP contribution in [-0.4, -0.2) is 23.2 Å². The number of rotatable bonds is 5. The Bertz CT molecular complexity index is 338. The van der Waals surface area contributed by atoms with Crippen LogP contribution in [0.3, 0.4) is 0 Å². The van der Waals surface area contributed by atoms with Crippen LogP contribution >= 0.6 is 0 Å². The highest BCUT2D eigenvalue weighted by molar-refractivity contribution is 5.10. The maximum absolute atomic E-state index is 5.42. The van der Waals surface area contributed by atoms with E-state index in [1.54, 1.807) is 0 Å². The Kier molecular flexibility index (Phi) is 3.28. The fourth-order valence-electron chi connectivity index (χ4n) is 2.25. The van der Waals surface area contributed by atoms with Gasteiger partial charge in [0.2, 0.25) is 5.89 Å². The first-order valence-electron chi connectivity index (χ1n) is 6.20. The van der Waals surface area contributed by atoms with E-state index < -0.39 is 0 Å². The van der Waals surface area contributed by atoms with Crippen molar-refractivity contribution in [1.82, 2.24) is 15.5 Å². The molecule has 90 valence electrons. The van der Waals surface area contributed by atoms with Gasteiger partial charge in [-0.05, 0) is 33.2 Å². The van der Waals surface area contributed by atoms with E-state index in [2.05, 4.69) is 29.3 Å². The van der Waals surface area contributed by atoms with E-state index in [4.69, 9.17) is 4.52 Å². The van der Waals surface area contributed by atoms with E-state index in [0.717, 1.165) is 24.6 Å². The maximum atomic E-state index is 5.42. The highest BCUT2D eigenvalue weighted by Crippen LogP contribution is 2.45. The average molecular weight is 223 g/mol. The Hall–Kier alpha value is -0.900. The van der Waals surface area contributed by atoms with Crippen molar-refractivity contribution in [3.63, 3.8) is 0 Å². The average Bonchev–Trinajstić information content (AvgIpc) is 2.66.